The number of nitrogens with zero attached hydrogens (tertiary/aromatic N) is 6. The van der Waals surface area contributed by atoms with Crippen LogP contribution in [0.3, 0.4) is 0 Å². The standard InChI is InChI=1S/C45H42N6/c1-43(31-49-37-19-22-40(46-25-37)34-13-7-4-8-14-34)28-44(2,32-50-38-20-23-41(47-26-38)35-15-9-5-10-16-35)30-45(3,29-43)33-51-39-21-24-42(48-27-39)36-17-11-6-12-18-36/h4-27,31-33H,28-30H2,1-3H3/b49-31-,50-32-,51-33-. The van der Waals surface area contributed by atoms with Gasteiger partial charge in [-0.3, -0.25) is 29.9 Å². The van der Waals surface area contributed by atoms with Gasteiger partial charge in [-0.05, 0) is 55.7 Å². The summed E-state index contributed by atoms with van der Waals surface area (Å²) in [6, 6.07) is 42.9. The topological polar surface area (TPSA) is 75.8 Å². The highest BCUT2D eigenvalue weighted by molar-refractivity contribution is 5.79. The average molecular weight is 667 g/mol. The predicted molar refractivity (Wildman–Crippen MR) is 212 cm³/mol. The lowest BCUT2D eigenvalue weighted by Crippen LogP contribution is -2.44. The molecule has 0 spiro atoms. The number of aliphatic imine (C=N–C) groups is 3. The van der Waals surface area contributed by atoms with E-state index in [0.29, 0.717) is 0 Å². The van der Waals surface area contributed by atoms with Gasteiger partial charge in [0.05, 0.1) is 52.7 Å². The molecule has 3 aromatic carbocycles. The van der Waals surface area contributed by atoms with E-state index in [4.69, 9.17) is 29.9 Å². The summed E-state index contributed by atoms with van der Waals surface area (Å²) in [5, 5.41) is 0. The SMILES string of the molecule is CC1(/C=N\c2ccc(-c3ccccc3)nc2)CC(C)(/C=N\c2ccc(-c3ccccc3)nc2)CC(C)(/C=N\c2ccc(-c3ccccc3)nc2)C1. The third kappa shape index (κ3) is 8.47. The van der Waals surface area contributed by atoms with Gasteiger partial charge < -0.3 is 0 Å². The van der Waals surface area contributed by atoms with Crippen molar-refractivity contribution in [1.82, 2.24) is 15.0 Å². The third-order valence-electron chi connectivity index (χ3n) is 9.45. The normalized spacial score (nSPS) is 22.2. The molecule has 0 radical (unpaired) electrons. The van der Waals surface area contributed by atoms with Crippen molar-refractivity contribution in [2.45, 2.75) is 40.0 Å². The van der Waals surface area contributed by atoms with Gasteiger partial charge in [-0.15, -0.1) is 0 Å². The van der Waals surface area contributed by atoms with Crippen molar-refractivity contribution in [2.24, 2.45) is 31.2 Å². The molecule has 0 amide bonds. The van der Waals surface area contributed by atoms with Crippen LogP contribution >= 0.6 is 0 Å². The summed E-state index contributed by atoms with van der Waals surface area (Å²) >= 11 is 0. The zero-order valence-electron chi connectivity index (χ0n) is 29.4. The molecule has 0 aliphatic heterocycles. The summed E-state index contributed by atoms with van der Waals surface area (Å²) in [6.45, 7) is 6.89. The fourth-order valence-corrected chi connectivity index (χ4v) is 7.65. The molecule has 0 saturated heterocycles. The summed E-state index contributed by atoms with van der Waals surface area (Å²) in [6.07, 6.45) is 14.6. The van der Waals surface area contributed by atoms with E-state index < -0.39 is 0 Å². The van der Waals surface area contributed by atoms with Gasteiger partial charge in [0.25, 0.3) is 0 Å². The molecule has 252 valence electrons. The van der Waals surface area contributed by atoms with Gasteiger partial charge in [-0.2, -0.15) is 0 Å². The zero-order valence-corrected chi connectivity index (χ0v) is 29.4. The van der Waals surface area contributed by atoms with E-state index in [-0.39, 0.29) is 16.2 Å². The maximum atomic E-state index is 4.98. The fourth-order valence-electron chi connectivity index (χ4n) is 7.65. The van der Waals surface area contributed by atoms with Gasteiger partial charge in [0.1, 0.15) is 0 Å². The first-order valence-corrected chi connectivity index (χ1v) is 17.5. The van der Waals surface area contributed by atoms with E-state index in [0.717, 1.165) is 70.1 Å². The highest BCUT2D eigenvalue weighted by atomic mass is 14.8. The van der Waals surface area contributed by atoms with Crippen LogP contribution in [0, 0.1) is 16.2 Å². The Morgan fingerprint density at radius 1 is 0.392 bits per heavy atom. The Bertz CT molecular complexity index is 1870. The molecule has 0 unspecified atom stereocenters. The molecule has 3 aromatic heterocycles. The molecular formula is C45H42N6. The minimum Gasteiger partial charge on any atom is -0.259 e. The van der Waals surface area contributed by atoms with Crippen LogP contribution in [0.1, 0.15) is 40.0 Å². The van der Waals surface area contributed by atoms with Crippen LogP contribution in [0.4, 0.5) is 17.1 Å². The quantitative estimate of drug-likeness (QED) is 0.144. The van der Waals surface area contributed by atoms with Crippen LogP contribution in [0.5, 0.6) is 0 Å². The van der Waals surface area contributed by atoms with Gasteiger partial charge in [0, 0.05) is 51.6 Å². The summed E-state index contributed by atoms with van der Waals surface area (Å²) in [7, 11) is 0. The maximum Gasteiger partial charge on any atom is 0.0809 e. The Labute approximate surface area is 300 Å². The molecule has 0 atom stereocenters. The summed E-state index contributed by atoms with van der Waals surface area (Å²) in [4.78, 5) is 29.1. The molecule has 0 bridgehead atoms. The molecule has 51 heavy (non-hydrogen) atoms. The van der Waals surface area contributed by atoms with Crippen molar-refractivity contribution >= 4 is 35.7 Å². The smallest absolute Gasteiger partial charge is 0.0809 e. The number of benzene rings is 3. The minimum absolute atomic E-state index is 0.233. The largest absolute Gasteiger partial charge is 0.259 e. The number of aromatic nitrogens is 3. The van der Waals surface area contributed by atoms with E-state index in [1.165, 1.54) is 0 Å². The second-order valence-electron chi connectivity index (χ2n) is 14.6. The van der Waals surface area contributed by atoms with Crippen LogP contribution in [-0.2, 0) is 0 Å². The molecular weight excluding hydrogens is 625 g/mol. The molecule has 1 fully saturated rings. The molecule has 1 aliphatic carbocycles. The van der Waals surface area contributed by atoms with Crippen LogP contribution in [0.15, 0.2) is 161 Å². The van der Waals surface area contributed by atoms with Gasteiger partial charge in [0.15, 0.2) is 0 Å². The highest BCUT2D eigenvalue weighted by Crippen LogP contribution is 2.53. The molecule has 1 aliphatic rings. The Balaban J connectivity index is 1.15. The first-order valence-electron chi connectivity index (χ1n) is 17.5. The van der Waals surface area contributed by atoms with E-state index in [1.807, 2.05) is 110 Å². The van der Waals surface area contributed by atoms with Gasteiger partial charge >= 0.3 is 0 Å². The lowest BCUT2D eigenvalue weighted by molar-refractivity contribution is 0.121. The van der Waals surface area contributed by atoms with Crippen LogP contribution in [-0.4, -0.2) is 33.6 Å². The monoisotopic (exact) mass is 666 g/mol. The van der Waals surface area contributed by atoms with Gasteiger partial charge in [0.2, 0.25) is 0 Å². The third-order valence-corrected chi connectivity index (χ3v) is 9.45. The van der Waals surface area contributed by atoms with E-state index >= 15 is 0 Å². The Morgan fingerprint density at radius 2 is 0.667 bits per heavy atom. The highest BCUT2D eigenvalue weighted by Gasteiger charge is 2.47. The van der Waals surface area contributed by atoms with Crippen molar-refractivity contribution in [3.63, 3.8) is 0 Å². The molecule has 3 heterocycles. The van der Waals surface area contributed by atoms with Crippen molar-refractivity contribution in [3.05, 3.63) is 146 Å². The predicted octanol–water partition coefficient (Wildman–Crippen LogP) is 11.6. The molecule has 0 N–H and O–H groups in total. The van der Waals surface area contributed by atoms with E-state index in [2.05, 4.69) is 75.8 Å². The summed E-state index contributed by atoms with van der Waals surface area (Å²) in [5.74, 6) is 0. The number of hydrogen-bond donors (Lipinski definition) is 0. The van der Waals surface area contributed by atoms with Crippen molar-refractivity contribution in [1.29, 1.82) is 0 Å². The lowest BCUT2D eigenvalue weighted by Gasteiger charge is -2.49. The molecule has 1 saturated carbocycles. The van der Waals surface area contributed by atoms with Crippen LogP contribution in [0.25, 0.3) is 33.8 Å². The van der Waals surface area contributed by atoms with Gasteiger partial charge in [-0.1, -0.05) is 112 Å². The number of pyridine rings is 3. The second kappa shape index (κ2) is 14.5. The van der Waals surface area contributed by atoms with Crippen molar-refractivity contribution in [3.8, 4) is 33.8 Å². The molecule has 6 aromatic rings. The van der Waals surface area contributed by atoms with E-state index in [9.17, 15) is 0 Å². The Morgan fingerprint density at radius 3 is 0.902 bits per heavy atom. The fraction of sp³-hybridized carbons (Fsp3) is 0.200. The van der Waals surface area contributed by atoms with Crippen LogP contribution in [0.2, 0.25) is 0 Å². The maximum absolute atomic E-state index is 4.98. The zero-order chi connectivity index (χ0) is 35.2. The Kier molecular flexibility index (Phi) is 9.58. The van der Waals surface area contributed by atoms with Crippen molar-refractivity contribution in [2.75, 3.05) is 0 Å². The first kappa shape index (κ1) is 33.6. The van der Waals surface area contributed by atoms with E-state index in [1.54, 1.807) is 0 Å². The molecule has 7 rings (SSSR count). The number of hydrogen-bond acceptors (Lipinski definition) is 6. The first-order chi connectivity index (χ1) is 24.8. The second-order valence-corrected chi connectivity index (χ2v) is 14.6. The van der Waals surface area contributed by atoms with Crippen molar-refractivity contribution < 1.29 is 0 Å². The minimum atomic E-state index is -0.233. The summed E-state index contributed by atoms with van der Waals surface area (Å²) < 4.78 is 0. The van der Waals surface area contributed by atoms with Crippen LogP contribution < -0.4 is 0 Å². The molecule has 6 heteroatoms. The molecule has 6 nitrogen and oxygen atoms in total. The van der Waals surface area contributed by atoms with Gasteiger partial charge in [-0.25, -0.2) is 0 Å². The number of rotatable bonds is 9. The average Bonchev–Trinajstić information content (AvgIpc) is 3.17. The lowest BCUT2D eigenvalue weighted by atomic mass is 9.55. The Hall–Kier alpha value is -5.88. The summed E-state index contributed by atoms with van der Waals surface area (Å²) in [5.41, 5.74) is 7.88.